The van der Waals surface area contributed by atoms with E-state index >= 15 is 0 Å². The molecular weight excluding hydrogens is 321 g/mol. The van der Waals surface area contributed by atoms with Crippen LogP contribution in [-0.2, 0) is 9.59 Å². The van der Waals surface area contributed by atoms with Crippen LogP contribution in [0.5, 0.6) is 0 Å². The van der Waals surface area contributed by atoms with Gasteiger partial charge < -0.3 is 10.0 Å². The first kappa shape index (κ1) is 17.1. The van der Waals surface area contributed by atoms with E-state index in [1.54, 1.807) is 32.2 Å². The third-order valence-corrected chi connectivity index (χ3v) is 4.41. The zero-order chi connectivity index (χ0) is 15.3. The van der Waals surface area contributed by atoms with E-state index in [0.717, 1.165) is 4.90 Å². The Kier molecular flexibility index (Phi) is 6.65. The molecule has 1 unspecified atom stereocenters. The number of halogens is 2. The van der Waals surface area contributed by atoms with Crippen molar-refractivity contribution < 1.29 is 14.7 Å². The van der Waals surface area contributed by atoms with Gasteiger partial charge in [0.1, 0.15) is 0 Å². The van der Waals surface area contributed by atoms with E-state index in [4.69, 9.17) is 28.3 Å². The van der Waals surface area contributed by atoms with E-state index in [2.05, 4.69) is 0 Å². The van der Waals surface area contributed by atoms with Crippen LogP contribution in [0.1, 0.15) is 13.3 Å². The Bertz CT molecular complexity index is 510. The number of hydrogen-bond acceptors (Lipinski definition) is 3. The van der Waals surface area contributed by atoms with E-state index in [9.17, 15) is 9.59 Å². The highest BCUT2D eigenvalue weighted by Gasteiger charge is 2.20. The maximum Gasteiger partial charge on any atom is 0.305 e. The van der Waals surface area contributed by atoms with Gasteiger partial charge in [-0.25, -0.2) is 0 Å². The fourth-order valence-corrected chi connectivity index (χ4v) is 3.02. The lowest BCUT2D eigenvalue weighted by Gasteiger charge is -2.20. The van der Waals surface area contributed by atoms with Gasteiger partial charge in [-0.05, 0) is 25.1 Å². The van der Waals surface area contributed by atoms with Crippen LogP contribution >= 0.6 is 35.0 Å². The number of carboxylic acid groups (broad SMARTS) is 1. The number of amides is 1. The first-order valence-electron chi connectivity index (χ1n) is 5.89. The third-order valence-electron chi connectivity index (χ3n) is 2.58. The summed E-state index contributed by atoms with van der Waals surface area (Å²) < 4.78 is 0. The van der Waals surface area contributed by atoms with Crippen LogP contribution in [0.15, 0.2) is 23.1 Å². The van der Waals surface area contributed by atoms with Gasteiger partial charge in [-0.1, -0.05) is 23.2 Å². The fourth-order valence-electron chi connectivity index (χ4n) is 1.49. The molecule has 1 rings (SSSR count). The molecule has 1 aromatic carbocycles. The molecule has 0 bridgehead atoms. The van der Waals surface area contributed by atoms with Gasteiger partial charge in [0.05, 0.1) is 16.7 Å². The van der Waals surface area contributed by atoms with E-state index in [1.807, 2.05) is 0 Å². The van der Waals surface area contributed by atoms with Crippen molar-refractivity contribution in [2.24, 2.45) is 0 Å². The van der Waals surface area contributed by atoms with E-state index in [0.29, 0.717) is 10.0 Å². The molecule has 0 aromatic heterocycles. The highest BCUT2D eigenvalue weighted by Crippen LogP contribution is 2.33. The van der Waals surface area contributed by atoms with Crippen LogP contribution in [0.4, 0.5) is 0 Å². The van der Waals surface area contributed by atoms with Gasteiger partial charge in [-0.15, -0.1) is 11.8 Å². The lowest BCUT2D eigenvalue weighted by atomic mass is 10.3. The van der Waals surface area contributed by atoms with Crippen molar-refractivity contribution in [1.82, 2.24) is 4.90 Å². The second kappa shape index (κ2) is 7.76. The molecule has 7 heteroatoms. The fraction of sp³-hybridized carbons (Fsp3) is 0.385. The molecule has 1 N–H and O–H groups in total. The number of carbonyl (C=O) groups excluding carboxylic acids is 1. The van der Waals surface area contributed by atoms with E-state index in [-0.39, 0.29) is 24.1 Å². The molecule has 0 saturated carbocycles. The number of carboxylic acids is 1. The van der Waals surface area contributed by atoms with Crippen molar-refractivity contribution in [3.63, 3.8) is 0 Å². The quantitative estimate of drug-likeness (QED) is 0.809. The van der Waals surface area contributed by atoms with Gasteiger partial charge in [-0.3, -0.25) is 9.59 Å². The monoisotopic (exact) mass is 335 g/mol. The smallest absolute Gasteiger partial charge is 0.305 e. The minimum absolute atomic E-state index is 0.0719. The molecule has 0 saturated heterocycles. The Balaban J connectivity index is 2.65. The molecule has 0 spiro atoms. The molecule has 1 atom stereocenters. The molecule has 0 aliphatic carbocycles. The molecule has 0 aliphatic rings. The molecule has 20 heavy (non-hydrogen) atoms. The van der Waals surface area contributed by atoms with E-state index < -0.39 is 5.97 Å². The van der Waals surface area contributed by atoms with Crippen LogP contribution < -0.4 is 0 Å². The van der Waals surface area contributed by atoms with Crippen molar-refractivity contribution >= 4 is 46.8 Å². The summed E-state index contributed by atoms with van der Waals surface area (Å²) in [5, 5.41) is 9.33. The summed E-state index contributed by atoms with van der Waals surface area (Å²) in [5.41, 5.74) is 0. The number of rotatable bonds is 6. The second-order valence-electron chi connectivity index (χ2n) is 4.24. The summed E-state index contributed by atoms with van der Waals surface area (Å²) in [5.74, 6) is -1.07. The highest BCUT2D eigenvalue weighted by molar-refractivity contribution is 8.00. The van der Waals surface area contributed by atoms with Gasteiger partial charge >= 0.3 is 5.97 Å². The minimum Gasteiger partial charge on any atom is -0.481 e. The van der Waals surface area contributed by atoms with Crippen molar-refractivity contribution in [3.05, 3.63) is 28.2 Å². The van der Waals surface area contributed by atoms with Gasteiger partial charge in [0.25, 0.3) is 0 Å². The number of benzene rings is 1. The first-order chi connectivity index (χ1) is 9.31. The molecule has 0 heterocycles. The van der Waals surface area contributed by atoms with Crippen molar-refractivity contribution in [2.75, 3.05) is 13.6 Å². The van der Waals surface area contributed by atoms with Crippen LogP contribution in [0.25, 0.3) is 0 Å². The highest BCUT2D eigenvalue weighted by atomic mass is 35.5. The Morgan fingerprint density at radius 1 is 1.40 bits per heavy atom. The van der Waals surface area contributed by atoms with Gasteiger partial charge in [0.15, 0.2) is 0 Å². The normalized spacial score (nSPS) is 12.0. The Labute approximate surface area is 132 Å². The maximum absolute atomic E-state index is 12.1. The topological polar surface area (TPSA) is 57.6 Å². The minimum atomic E-state index is -0.928. The summed E-state index contributed by atoms with van der Waals surface area (Å²) >= 11 is 13.2. The SMILES string of the molecule is CC(Sc1cc(Cl)ccc1Cl)C(=O)N(C)CCC(=O)O. The number of hydrogen-bond donors (Lipinski definition) is 1. The van der Waals surface area contributed by atoms with Crippen LogP contribution in [0.2, 0.25) is 10.0 Å². The Morgan fingerprint density at radius 3 is 2.65 bits per heavy atom. The molecule has 1 amide bonds. The predicted molar refractivity (Wildman–Crippen MR) is 81.7 cm³/mol. The average Bonchev–Trinajstić information content (AvgIpc) is 2.39. The molecule has 4 nitrogen and oxygen atoms in total. The third kappa shape index (κ3) is 5.23. The van der Waals surface area contributed by atoms with Crippen LogP contribution in [0.3, 0.4) is 0 Å². The molecule has 0 fully saturated rings. The average molecular weight is 336 g/mol. The maximum atomic E-state index is 12.1. The summed E-state index contributed by atoms with van der Waals surface area (Å²) in [7, 11) is 1.59. The molecule has 0 radical (unpaired) electrons. The summed E-state index contributed by atoms with van der Waals surface area (Å²) in [4.78, 5) is 24.7. The lowest BCUT2D eigenvalue weighted by molar-refractivity contribution is -0.138. The number of aliphatic carboxylic acids is 1. The zero-order valence-corrected chi connectivity index (χ0v) is 13.4. The molecular formula is C13H15Cl2NO3S. The summed E-state index contributed by atoms with van der Waals surface area (Å²) in [6.45, 7) is 1.93. The Morgan fingerprint density at radius 2 is 2.05 bits per heavy atom. The standard InChI is InChI=1S/C13H15Cl2NO3S/c1-8(13(19)16(2)6-5-12(17)18)20-11-7-9(14)3-4-10(11)15/h3-4,7-8H,5-6H2,1-2H3,(H,17,18). The van der Waals surface area contributed by atoms with Crippen molar-refractivity contribution in [2.45, 2.75) is 23.5 Å². The number of nitrogens with zero attached hydrogens (tertiary/aromatic N) is 1. The predicted octanol–water partition coefficient (Wildman–Crippen LogP) is 3.41. The largest absolute Gasteiger partial charge is 0.481 e. The number of carbonyl (C=O) groups is 2. The number of thioether (sulfide) groups is 1. The first-order valence-corrected chi connectivity index (χ1v) is 7.53. The van der Waals surface area contributed by atoms with Crippen molar-refractivity contribution in [3.8, 4) is 0 Å². The van der Waals surface area contributed by atoms with Crippen LogP contribution in [0, 0.1) is 0 Å². The van der Waals surface area contributed by atoms with Gasteiger partial charge in [0, 0.05) is 23.5 Å². The Hall–Kier alpha value is -0.910. The second-order valence-corrected chi connectivity index (χ2v) is 6.46. The summed E-state index contributed by atoms with van der Waals surface area (Å²) in [6.07, 6.45) is -0.0719. The van der Waals surface area contributed by atoms with E-state index in [1.165, 1.54) is 16.7 Å². The van der Waals surface area contributed by atoms with Gasteiger partial charge in [0.2, 0.25) is 5.91 Å². The van der Waals surface area contributed by atoms with Crippen molar-refractivity contribution in [1.29, 1.82) is 0 Å². The molecule has 0 aliphatic heterocycles. The zero-order valence-electron chi connectivity index (χ0n) is 11.1. The lowest BCUT2D eigenvalue weighted by Crippen LogP contribution is -2.34. The molecule has 1 aromatic rings. The summed E-state index contributed by atoms with van der Waals surface area (Å²) in [6, 6.07) is 5.06. The molecule has 110 valence electrons. The van der Waals surface area contributed by atoms with Gasteiger partial charge in [-0.2, -0.15) is 0 Å². The van der Waals surface area contributed by atoms with Crippen LogP contribution in [-0.4, -0.2) is 40.7 Å².